The normalized spacial score (nSPS) is 13.9. The molecule has 0 bridgehead atoms. The molecule has 1 N–H and O–H groups in total. The first-order valence-electron chi connectivity index (χ1n) is 12.2. The molecule has 0 saturated carbocycles. The Kier molecular flexibility index (Phi) is 8.02. The van der Waals surface area contributed by atoms with Gasteiger partial charge in [-0.2, -0.15) is 0 Å². The summed E-state index contributed by atoms with van der Waals surface area (Å²) in [5.74, 6) is 0.870. The molecule has 1 aliphatic rings. The van der Waals surface area contributed by atoms with Crippen LogP contribution in [0.4, 0.5) is 10.3 Å². The van der Waals surface area contributed by atoms with Gasteiger partial charge in [-0.3, -0.25) is 9.69 Å². The number of thiophene rings is 1. The SMILES string of the molecule is O=C(COc1ccc(-c2cccs2)cc1CN1CCN(c2ncccn2)CC1)NCc1cccc(F)c1. The van der Waals surface area contributed by atoms with Crippen molar-refractivity contribution in [1.82, 2.24) is 20.2 Å². The van der Waals surface area contributed by atoms with Crippen molar-refractivity contribution in [3.8, 4) is 16.2 Å². The molecule has 190 valence electrons. The lowest BCUT2D eigenvalue weighted by Gasteiger charge is -2.35. The number of rotatable bonds is 9. The number of aromatic nitrogens is 2. The number of carbonyl (C=O) groups excluding carboxylic acids is 1. The second-order valence-electron chi connectivity index (χ2n) is 8.81. The van der Waals surface area contributed by atoms with E-state index >= 15 is 0 Å². The van der Waals surface area contributed by atoms with Crippen LogP contribution in [0.3, 0.4) is 0 Å². The highest BCUT2D eigenvalue weighted by molar-refractivity contribution is 7.13. The molecule has 0 aliphatic carbocycles. The Morgan fingerprint density at radius 3 is 2.59 bits per heavy atom. The van der Waals surface area contributed by atoms with Gasteiger partial charge in [-0.25, -0.2) is 14.4 Å². The summed E-state index contributed by atoms with van der Waals surface area (Å²) >= 11 is 1.69. The first-order valence-corrected chi connectivity index (χ1v) is 13.1. The van der Waals surface area contributed by atoms with E-state index in [4.69, 9.17) is 4.74 Å². The zero-order valence-electron chi connectivity index (χ0n) is 20.3. The van der Waals surface area contributed by atoms with Crippen molar-refractivity contribution in [2.24, 2.45) is 0 Å². The van der Waals surface area contributed by atoms with Gasteiger partial charge in [-0.1, -0.05) is 18.2 Å². The van der Waals surface area contributed by atoms with Gasteiger partial charge in [0.25, 0.3) is 5.91 Å². The third-order valence-corrected chi connectivity index (χ3v) is 7.12. The third-order valence-electron chi connectivity index (χ3n) is 6.20. The van der Waals surface area contributed by atoms with E-state index in [1.807, 2.05) is 24.3 Å². The zero-order chi connectivity index (χ0) is 25.5. The molecule has 1 saturated heterocycles. The molecule has 7 nitrogen and oxygen atoms in total. The minimum Gasteiger partial charge on any atom is -0.483 e. The lowest BCUT2D eigenvalue weighted by molar-refractivity contribution is -0.123. The number of hydrogen-bond donors (Lipinski definition) is 1. The summed E-state index contributed by atoms with van der Waals surface area (Å²) in [6.45, 7) is 4.27. The average Bonchev–Trinajstić information content (AvgIpc) is 3.47. The molecule has 3 heterocycles. The Labute approximate surface area is 219 Å². The molecular weight excluding hydrogens is 489 g/mol. The maximum atomic E-state index is 13.4. The summed E-state index contributed by atoms with van der Waals surface area (Å²) < 4.78 is 19.4. The van der Waals surface area contributed by atoms with Crippen LogP contribution in [0.2, 0.25) is 0 Å². The Morgan fingerprint density at radius 2 is 1.84 bits per heavy atom. The summed E-state index contributed by atoms with van der Waals surface area (Å²) in [4.78, 5) is 26.9. The molecule has 0 radical (unpaired) electrons. The summed E-state index contributed by atoms with van der Waals surface area (Å²) in [5.41, 5.74) is 2.87. The second-order valence-corrected chi connectivity index (χ2v) is 9.75. The number of halogens is 1. The molecule has 0 unspecified atom stereocenters. The Morgan fingerprint density at radius 1 is 1.00 bits per heavy atom. The van der Waals surface area contributed by atoms with Crippen LogP contribution in [0.15, 0.2) is 78.4 Å². The van der Waals surface area contributed by atoms with Crippen molar-refractivity contribution >= 4 is 23.2 Å². The van der Waals surface area contributed by atoms with E-state index in [1.165, 1.54) is 17.0 Å². The van der Waals surface area contributed by atoms with Crippen LogP contribution in [0.1, 0.15) is 11.1 Å². The number of nitrogens with zero attached hydrogens (tertiary/aromatic N) is 4. The Balaban J connectivity index is 1.23. The van der Waals surface area contributed by atoms with Crippen LogP contribution in [-0.4, -0.2) is 53.6 Å². The lowest BCUT2D eigenvalue weighted by atomic mass is 10.1. The van der Waals surface area contributed by atoms with Gasteiger partial charge in [0.2, 0.25) is 5.95 Å². The molecule has 4 aromatic rings. The Bertz CT molecular complexity index is 1310. The molecule has 5 rings (SSSR count). The zero-order valence-corrected chi connectivity index (χ0v) is 21.2. The summed E-state index contributed by atoms with van der Waals surface area (Å²) in [5, 5.41) is 4.86. The first kappa shape index (κ1) is 24.9. The van der Waals surface area contributed by atoms with Crippen molar-refractivity contribution in [3.05, 3.63) is 95.4 Å². The average molecular weight is 518 g/mol. The van der Waals surface area contributed by atoms with Crippen LogP contribution < -0.4 is 15.0 Å². The van der Waals surface area contributed by atoms with Gasteiger partial charge < -0.3 is 15.0 Å². The standard InChI is InChI=1S/C28H28FN5O2S/c29-24-5-1-4-21(16-24)18-32-27(35)20-36-25-8-7-22(26-6-2-15-37-26)17-23(25)19-33-11-13-34(14-12-33)28-30-9-3-10-31-28/h1-10,15-17H,11-14,18-20H2,(H,32,35). The first-order chi connectivity index (χ1) is 18.1. The lowest BCUT2D eigenvalue weighted by Crippen LogP contribution is -2.46. The van der Waals surface area contributed by atoms with Gasteiger partial charge in [-0.15, -0.1) is 11.3 Å². The van der Waals surface area contributed by atoms with Crippen molar-refractivity contribution in [2.75, 3.05) is 37.7 Å². The number of amides is 1. The van der Waals surface area contributed by atoms with E-state index in [2.05, 4.69) is 42.6 Å². The van der Waals surface area contributed by atoms with E-state index in [-0.39, 0.29) is 24.9 Å². The maximum Gasteiger partial charge on any atom is 0.258 e. The maximum absolute atomic E-state index is 13.4. The van der Waals surface area contributed by atoms with Crippen LogP contribution in [-0.2, 0) is 17.9 Å². The molecule has 37 heavy (non-hydrogen) atoms. The smallest absolute Gasteiger partial charge is 0.258 e. The second kappa shape index (κ2) is 11.9. The molecule has 1 aliphatic heterocycles. The van der Waals surface area contributed by atoms with Gasteiger partial charge in [-0.05, 0) is 59.0 Å². The van der Waals surface area contributed by atoms with Crippen molar-refractivity contribution < 1.29 is 13.9 Å². The van der Waals surface area contributed by atoms with Crippen LogP contribution in [0.25, 0.3) is 10.4 Å². The number of carbonyl (C=O) groups is 1. The molecule has 2 aromatic heterocycles. The molecule has 2 aromatic carbocycles. The minimum absolute atomic E-state index is 0.111. The highest BCUT2D eigenvalue weighted by Crippen LogP contribution is 2.31. The van der Waals surface area contributed by atoms with Gasteiger partial charge in [0.1, 0.15) is 11.6 Å². The van der Waals surface area contributed by atoms with Gasteiger partial charge >= 0.3 is 0 Å². The highest BCUT2D eigenvalue weighted by Gasteiger charge is 2.20. The highest BCUT2D eigenvalue weighted by atomic mass is 32.1. The van der Waals surface area contributed by atoms with Crippen LogP contribution >= 0.6 is 11.3 Å². The van der Waals surface area contributed by atoms with Crippen LogP contribution in [0, 0.1) is 5.82 Å². The van der Waals surface area contributed by atoms with Crippen LogP contribution in [0.5, 0.6) is 5.75 Å². The molecule has 1 amide bonds. The number of ether oxygens (including phenoxy) is 1. The molecule has 0 spiro atoms. The fourth-order valence-corrected chi connectivity index (χ4v) is 5.01. The third kappa shape index (κ3) is 6.69. The number of benzene rings is 2. The van der Waals surface area contributed by atoms with E-state index in [9.17, 15) is 9.18 Å². The number of hydrogen-bond acceptors (Lipinski definition) is 7. The van der Waals surface area contributed by atoms with Crippen molar-refractivity contribution in [1.29, 1.82) is 0 Å². The molecule has 9 heteroatoms. The van der Waals surface area contributed by atoms with Crippen molar-refractivity contribution in [3.63, 3.8) is 0 Å². The fourth-order valence-electron chi connectivity index (χ4n) is 4.28. The van der Waals surface area contributed by atoms with Gasteiger partial charge in [0.15, 0.2) is 6.61 Å². The van der Waals surface area contributed by atoms with E-state index in [0.717, 1.165) is 43.3 Å². The summed E-state index contributed by atoms with van der Waals surface area (Å²) in [6, 6.07) is 18.3. The molecule has 1 fully saturated rings. The predicted molar refractivity (Wildman–Crippen MR) is 143 cm³/mol. The quantitative estimate of drug-likeness (QED) is 0.356. The van der Waals surface area contributed by atoms with Crippen molar-refractivity contribution in [2.45, 2.75) is 13.1 Å². The van der Waals surface area contributed by atoms with E-state index in [0.29, 0.717) is 17.9 Å². The summed E-state index contributed by atoms with van der Waals surface area (Å²) in [6.07, 6.45) is 3.53. The fraction of sp³-hybridized carbons (Fsp3) is 0.250. The predicted octanol–water partition coefficient (Wildman–Crippen LogP) is 4.36. The van der Waals surface area contributed by atoms with Gasteiger partial charge in [0.05, 0.1) is 0 Å². The summed E-state index contributed by atoms with van der Waals surface area (Å²) in [7, 11) is 0. The Hall–Kier alpha value is -3.82. The number of piperazine rings is 1. The van der Waals surface area contributed by atoms with E-state index in [1.54, 1.807) is 35.9 Å². The number of anilines is 1. The number of nitrogens with one attached hydrogen (secondary N) is 1. The molecular formula is C28H28FN5O2S. The largest absolute Gasteiger partial charge is 0.483 e. The molecule has 0 atom stereocenters. The minimum atomic E-state index is -0.324. The topological polar surface area (TPSA) is 70.6 Å². The van der Waals surface area contributed by atoms with E-state index < -0.39 is 0 Å². The monoisotopic (exact) mass is 517 g/mol. The van der Waals surface area contributed by atoms with Gasteiger partial charge in [0, 0.05) is 62.1 Å².